The zero-order valence-electron chi connectivity index (χ0n) is 10.4. The van der Waals surface area contributed by atoms with Gasteiger partial charge in [0.25, 0.3) is 0 Å². The van der Waals surface area contributed by atoms with Crippen LogP contribution in [0.4, 0.5) is 4.39 Å². The fourth-order valence-corrected chi connectivity index (χ4v) is 1.82. The van der Waals surface area contributed by atoms with Crippen LogP contribution >= 0.6 is 0 Å². The molecule has 5 heteroatoms. The highest BCUT2D eigenvalue weighted by atomic mass is 19.1. The molecule has 0 saturated carbocycles. The maximum atomic E-state index is 13.5. The second-order valence-corrected chi connectivity index (χ2v) is 4.33. The summed E-state index contributed by atoms with van der Waals surface area (Å²) >= 11 is 0. The first-order valence-corrected chi connectivity index (χ1v) is 6.09. The molecule has 0 amide bonds. The molecule has 0 bridgehead atoms. The van der Waals surface area contributed by atoms with Gasteiger partial charge >= 0.3 is 0 Å². The van der Waals surface area contributed by atoms with Gasteiger partial charge in [-0.3, -0.25) is 0 Å². The Hall–Kier alpha value is -1.75. The van der Waals surface area contributed by atoms with Gasteiger partial charge < -0.3 is 5.73 Å². The number of nitrogens with two attached hydrogens (primary N) is 1. The molecule has 0 aliphatic heterocycles. The number of halogens is 1. The smallest absolute Gasteiger partial charge is 0.128 e. The van der Waals surface area contributed by atoms with Crippen molar-refractivity contribution >= 4 is 0 Å². The van der Waals surface area contributed by atoms with Gasteiger partial charge in [-0.15, -0.1) is 5.10 Å². The molecule has 0 aliphatic carbocycles. The minimum atomic E-state index is -0.229. The van der Waals surface area contributed by atoms with E-state index in [4.69, 9.17) is 5.73 Å². The maximum absolute atomic E-state index is 13.5. The van der Waals surface area contributed by atoms with E-state index in [1.165, 1.54) is 6.07 Å². The normalized spacial score (nSPS) is 12.6. The lowest BCUT2D eigenvalue weighted by molar-refractivity contribution is 0.577. The van der Waals surface area contributed by atoms with E-state index in [1.807, 2.05) is 0 Å². The summed E-state index contributed by atoms with van der Waals surface area (Å²) in [5, 5.41) is 8.00. The standard InChI is InChI=1S/C13H17FN4/c1-2-5-12(15)13-9-18(17-16-13)8-10-6-3-4-7-11(10)14/h3-4,6-7,9,12H,2,5,8,15H2,1H3/t12-/m0/s1. The van der Waals surface area contributed by atoms with Crippen LogP contribution in [-0.4, -0.2) is 15.0 Å². The van der Waals surface area contributed by atoms with Gasteiger partial charge in [-0.25, -0.2) is 9.07 Å². The van der Waals surface area contributed by atoms with Crippen molar-refractivity contribution in [2.45, 2.75) is 32.4 Å². The molecule has 0 radical (unpaired) electrons. The Bertz CT molecular complexity index is 509. The van der Waals surface area contributed by atoms with Crippen molar-refractivity contribution in [2.75, 3.05) is 0 Å². The number of benzene rings is 1. The van der Waals surface area contributed by atoms with Crippen LogP contribution in [-0.2, 0) is 6.54 Å². The van der Waals surface area contributed by atoms with Gasteiger partial charge in [-0.05, 0) is 12.5 Å². The van der Waals surface area contributed by atoms with E-state index in [1.54, 1.807) is 29.1 Å². The van der Waals surface area contributed by atoms with Crippen LogP contribution < -0.4 is 5.73 Å². The van der Waals surface area contributed by atoms with Crippen LogP contribution in [0.1, 0.15) is 37.1 Å². The van der Waals surface area contributed by atoms with Crippen LogP contribution in [0.3, 0.4) is 0 Å². The fraction of sp³-hybridized carbons (Fsp3) is 0.385. The van der Waals surface area contributed by atoms with Crippen molar-refractivity contribution in [1.82, 2.24) is 15.0 Å². The first-order valence-electron chi connectivity index (χ1n) is 6.09. The summed E-state index contributed by atoms with van der Waals surface area (Å²) in [4.78, 5) is 0. The summed E-state index contributed by atoms with van der Waals surface area (Å²) in [5.74, 6) is -0.229. The molecule has 0 saturated heterocycles. The molecule has 1 atom stereocenters. The summed E-state index contributed by atoms with van der Waals surface area (Å²) in [6.45, 7) is 2.45. The predicted octanol–water partition coefficient (Wildman–Crippen LogP) is 2.27. The third-order valence-corrected chi connectivity index (χ3v) is 2.83. The zero-order valence-corrected chi connectivity index (χ0v) is 10.4. The summed E-state index contributed by atoms with van der Waals surface area (Å²) in [6.07, 6.45) is 3.66. The average molecular weight is 248 g/mol. The van der Waals surface area contributed by atoms with Crippen molar-refractivity contribution in [3.05, 3.63) is 47.5 Å². The first-order chi connectivity index (χ1) is 8.70. The van der Waals surface area contributed by atoms with Crippen LogP contribution in [0.15, 0.2) is 30.5 Å². The Morgan fingerprint density at radius 3 is 2.89 bits per heavy atom. The van der Waals surface area contributed by atoms with Crippen molar-refractivity contribution in [3.8, 4) is 0 Å². The SMILES string of the molecule is CCC[C@H](N)c1cn(Cc2ccccc2F)nn1. The van der Waals surface area contributed by atoms with E-state index in [2.05, 4.69) is 17.2 Å². The number of hydrogen-bond donors (Lipinski definition) is 1. The van der Waals surface area contributed by atoms with E-state index in [0.29, 0.717) is 12.1 Å². The van der Waals surface area contributed by atoms with E-state index >= 15 is 0 Å². The molecule has 2 rings (SSSR count). The molecule has 96 valence electrons. The molecule has 0 spiro atoms. The minimum Gasteiger partial charge on any atom is -0.323 e. The lowest BCUT2D eigenvalue weighted by Gasteiger charge is -2.04. The summed E-state index contributed by atoms with van der Waals surface area (Å²) in [5.41, 5.74) is 7.31. The molecule has 2 aromatic rings. The van der Waals surface area contributed by atoms with Crippen molar-refractivity contribution in [3.63, 3.8) is 0 Å². The van der Waals surface area contributed by atoms with Gasteiger partial charge in [-0.2, -0.15) is 0 Å². The highest BCUT2D eigenvalue weighted by Gasteiger charge is 2.10. The van der Waals surface area contributed by atoms with Crippen LogP contribution in [0.25, 0.3) is 0 Å². The third kappa shape index (κ3) is 2.92. The molecule has 1 aromatic heterocycles. The Morgan fingerprint density at radius 1 is 1.39 bits per heavy atom. The largest absolute Gasteiger partial charge is 0.323 e. The summed E-state index contributed by atoms with van der Waals surface area (Å²) in [7, 11) is 0. The molecular formula is C13H17FN4. The van der Waals surface area contributed by atoms with Gasteiger partial charge in [0.05, 0.1) is 24.5 Å². The Morgan fingerprint density at radius 2 is 2.17 bits per heavy atom. The van der Waals surface area contributed by atoms with Gasteiger partial charge in [-0.1, -0.05) is 36.8 Å². The summed E-state index contributed by atoms with van der Waals surface area (Å²) < 4.78 is 15.1. The molecule has 0 fully saturated rings. The second kappa shape index (κ2) is 5.73. The number of hydrogen-bond acceptors (Lipinski definition) is 3. The average Bonchev–Trinajstić information content (AvgIpc) is 2.81. The topological polar surface area (TPSA) is 56.7 Å². The van der Waals surface area contributed by atoms with Gasteiger partial charge in [0, 0.05) is 5.56 Å². The second-order valence-electron chi connectivity index (χ2n) is 4.33. The Kier molecular flexibility index (Phi) is 4.04. The van der Waals surface area contributed by atoms with Gasteiger partial charge in [0.2, 0.25) is 0 Å². The monoisotopic (exact) mass is 248 g/mol. The van der Waals surface area contributed by atoms with Crippen LogP contribution in [0.2, 0.25) is 0 Å². The maximum Gasteiger partial charge on any atom is 0.128 e. The number of nitrogens with zero attached hydrogens (tertiary/aromatic N) is 3. The molecule has 1 heterocycles. The lowest BCUT2D eigenvalue weighted by Crippen LogP contribution is -2.10. The highest BCUT2D eigenvalue weighted by Crippen LogP contribution is 2.13. The van der Waals surface area contributed by atoms with Crippen LogP contribution in [0.5, 0.6) is 0 Å². The molecule has 0 unspecified atom stereocenters. The molecule has 2 N–H and O–H groups in total. The quantitative estimate of drug-likeness (QED) is 0.883. The van der Waals surface area contributed by atoms with Crippen LogP contribution in [0, 0.1) is 5.82 Å². The van der Waals surface area contributed by atoms with E-state index in [9.17, 15) is 4.39 Å². The fourth-order valence-electron chi connectivity index (χ4n) is 1.82. The van der Waals surface area contributed by atoms with E-state index in [0.717, 1.165) is 18.5 Å². The highest BCUT2D eigenvalue weighted by molar-refractivity contribution is 5.17. The van der Waals surface area contributed by atoms with Crippen molar-refractivity contribution in [1.29, 1.82) is 0 Å². The lowest BCUT2D eigenvalue weighted by atomic mass is 10.1. The first kappa shape index (κ1) is 12.7. The van der Waals surface area contributed by atoms with Gasteiger partial charge in [0.15, 0.2) is 0 Å². The molecule has 1 aromatic carbocycles. The minimum absolute atomic E-state index is 0.0932. The molecule has 4 nitrogen and oxygen atoms in total. The van der Waals surface area contributed by atoms with E-state index in [-0.39, 0.29) is 11.9 Å². The summed E-state index contributed by atoms with van der Waals surface area (Å²) in [6, 6.07) is 6.56. The van der Waals surface area contributed by atoms with Crippen molar-refractivity contribution in [2.24, 2.45) is 5.73 Å². The van der Waals surface area contributed by atoms with E-state index < -0.39 is 0 Å². The Balaban J connectivity index is 2.09. The Labute approximate surface area is 106 Å². The molecular weight excluding hydrogens is 231 g/mol. The van der Waals surface area contributed by atoms with Crippen molar-refractivity contribution < 1.29 is 4.39 Å². The zero-order chi connectivity index (χ0) is 13.0. The predicted molar refractivity (Wildman–Crippen MR) is 67.4 cm³/mol. The number of aromatic nitrogens is 3. The number of rotatable bonds is 5. The third-order valence-electron chi connectivity index (χ3n) is 2.83. The molecule has 0 aliphatic rings. The van der Waals surface area contributed by atoms with Gasteiger partial charge in [0.1, 0.15) is 5.82 Å². The molecule has 18 heavy (non-hydrogen) atoms.